The Balaban J connectivity index is 1.35. The SMILES string of the molecule is COc1ccc(-c2nsc(C)c2C(=O)NC(N)=NCc2cc(Cl)cc(CNC/C=C/c3ccccc3)c2)cc1. The molecule has 1 heterocycles. The van der Waals surface area contributed by atoms with Crippen LogP contribution in [-0.4, -0.2) is 29.9 Å². The number of aryl methyl sites for hydroxylation is 1. The van der Waals surface area contributed by atoms with Gasteiger partial charge in [-0.15, -0.1) is 0 Å². The quantitative estimate of drug-likeness (QED) is 0.129. The summed E-state index contributed by atoms with van der Waals surface area (Å²) in [7, 11) is 1.61. The first-order valence-electron chi connectivity index (χ1n) is 12.4. The molecule has 1 aromatic heterocycles. The van der Waals surface area contributed by atoms with Gasteiger partial charge in [-0.2, -0.15) is 4.37 Å². The van der Waals surface area contributed by atoms with Gasteiger partial charge in [-0.1, -0.05) is 60.2 Å². The number of nitrogens with zero attached hydrogens (tertiary/aromatic N) is 2. The van der Waals surface area contributed by atoms with Gasteiger partial charge in [-0.05, 0) is 71.5 Å². The molecular formula is C30H30ClN5O2S. The van der Waals surface area contributed by atoms with E-state index in [1.807, 2.05) is 67.6 Å². The molecule has 0 bridgehead atoms. The highest BCUT2D eigenvalue weighted by Gasteiger charge is 2.20. The molecule has 0 aliphatic heterocycles. The summed E-state index contributed by atoms with van der Waals surface area (Å²) >= 11 is 7.61. The number of carbonyl (C=O) groups is 1. The van der Waals surface area contributed by atoms with Crippen LogP contribution in [0.25, 0.3) is 17.3 Å². The van der Waals surface area contributed by atoms with Crippen LogP contribution in [0.15, 0.2) is 83.9 Å². The Hall–Kier alpha value is -3.98. The third-order valence-corrected chi connectivity index (χ3v) is 6.82. The van der Waals surface area contributed by atoms with E-state index in [0.717, 1.165) is 39.4 Å². The predicted octanol–water partition coefficient (Wildman–Crippen LogP) is 5.83. The third-order valence-electron chi connectivity index (χ3n) is 5.85. The lowest BCUT2D eigenvalue weighted by Crippen LogP contribution is -2.37. The van der Waals surface area contributed by atoms with E-state index in [-0.39, 0.29) is 18.4 Å². The number of rotatable bonds is 10. The van der Waals surface area contributed by atoms with Crippen LogP contribution in [0.5, 0.6) is 5.75 Å². The topological polar surface area (TPSA) is 102 Å². The molecule has 3 aromatic carbocycles. The summed E-state index contributed by atoms with van der Waals surface area (Å²) in [5.41, 5.74) is 11.0. The Bertz CT molecular complexity index is 1470. The van der Waals surface area contributed by atoms with Crippen LogP contribution in [-0.2, 0) is 13.1 Å². The molecule has 0 spiro atoms. The zero-order chi connectivity index (χ0) is 27.6. The second kappa shape index (κ2) is 13.7. The maximum absolute atomic E-state index is 13.1. The Labute approximate surface area is 237 Å². The summed E-state index contributed by atoms with van der Waals surface area (Å²) in [6.07, 6.45) is 4.16. The molecule has 0 saturated heterocycles. The van der Waals surface area contributed by atoms with Crippen molar-refractivity contribution in [1.29, 1.82) is 0 Å². The number of ether oxygens (including phenoxy) is 1. The fourth-order valence-electron chi connectivity index (χ4n) is 3.95. The summed E-state index contributed by atoms with van der Waals surface area (Å²) in [5.74, 6) is 0.401. The molecule has 4 N–H and O–H groups in total. The molecule has 39 heavy (non-hydrogen) atoms. The van der Waals surface area contributed by atoms with Gasteiger partial charge in [0.1, 0.15) is 5.75 Å². The van der Waals surface area contributed by atoms with Crippen LogP contribution in [0.2, 0.25) is 5.02 Å². The highest BCUT2D eigenvalue weighted by molar-refractivity contribution is 7.06. The molecule has 1 amide bonds. The minimum Gasteiger partial charge on any atom is -0.497 e. The zero-order valence-corrected chi connectivity index (χ0v) is 23.4. The van der Waals surface area contributed by atoms with Gasteiger partial charge in [0.15, 0.2) is 5.96 Å². The number of nitrogens with one attached hydrogen (secondary N) is 2. The smallest absolute Gasteiger partial charge is 0.261 e. The molecule has 7 nitrogen and oxygen atoms in total. The number of benzene rings is 3. The van der Waals surface area contributed by atoms with E-state index in [0.29, 0.717) is 22.8 Å². The van der Waals surface area contributed by atoms with Crippen molar-refractivity contribution in [2.75, 3.05) is 13.7 Å². The first-order valence-corrected chi connectivity index (χ1v) is 13.5. The molecule has 0 fully saturated rings. The van der Waals surface area contributed by atoms with Gasteiger partial charge in [0.2, 0.25) is 0 Å². The van der Waals surface area contributed by atoms with Crippen molar-refractivity contribution in [2.24, 2.45) is 10.7 Å². The van der Waals surface area contributed by atoms with Crippen LogP contribution in [0.4, 0.5) is 0 Å². The van der Waals surface area contributed by atoms with Crippen molar-refractivity contribution < 1.29 is 9.53 Å². The monoisotopic (exact) mass is 559 g/mol. The number of nitrogens with two attached hydrogens (primary N) is 1. The number of guanidine groups is 1. The Morgan fingerprint density at radius 1 is 1.10 bits per heavy atom. The average Bonchev–Trinajstić information content (AvgIpc) is 3.33. The number of aliphatic imine (C=N–C) groups is 1. The molecular weight excluding hydrogens is 530 g/mol. The third kappa shape index (κ3) is 8.00. The van der Waals surface area contributed by atoms with Crippen molar-refractivity contribution in [3.05, 3.63) is 111 Å². The van der Waals surface area contributed by atoms with E-state index in [2.05, 4.69) is 44.3 Å². The van der Waals surface area contributed by atoms with E-state index < -0.39 is 0 Å². The molecule has 0 aliphatic rings. The van der Waals surface area contributed by atoms with Gasteiger partial charge < -0.3 is 15.8 Å². The van der Waals surface area contributed by atoms with Gasteiger partial charge in [-0.3, -0.25) is 10.1 Å². The first-order chi connectivity index (χ1) is 18.9. The average molecular weight is 560 g/mol. The standard InChI is InChI=1S/C30H30ClN5O2S/c1-20-27(28(36-39-20)24-10-12-26(38-2)13-11-24)29(37)35-30(32)34-19-23-15-22(16-25(31)17-23)18-33-14-6-9-21-7-4-3-5-8-21/h3-13,15-17,33H,14,18-19H2,1-2H3,(H3,32,34,35,37)/b9-6+. The predicted molar refractivity (Wildman–Crippen MR) is 160 cm³/mol. The summed E-state index contributed by atoms with van der Waals surface area (Å²) in [5, 5.41) is 6.70. The first kappa shape index (κ1) is 28.0. The second-order valence-corrected chi connectivity index (χ2v) is 10.2. The van der Waals surface area contributed by atoms with Crippen molar-refractivity contribution in [1.82, 2.24) is 15.0 Å². The number of halogens is 1. The molecule has 4 aromatic rings. The minimum atomic E-state index is -0.354. The van der Waals surface area contributed by atoms with Crippen LogP contribution in [0, 0.1) is 6.92 Å². The summed E-state index contributed by atoms with van der Waals surface area (Å²) in [4.78, 5) is 18.2. The van der Waals surface area contributed by atoms with Crippen molar-refractivity contribution in [3.8, 4) is 17.0 Å². The molecule has 9 heteroatoms. The normalized spacial score (nSPS) is 11.6. The van der Waals surface area contributed by atoms with E-state index in [4.69, 9.17) is 22.1 Å². The zero-order valence-electron chi connectivity index (χ0n) is 21.8. The second-order valence-electron chi connectivity index (χ2n) is 8.76. The molecule has 0 saturated carbocycles. The highest BCUT2D eigenvalue weighted by atomic mass is 35.5. The molecule has 200 valence electrons. The number of hydrogen-bond acceptors (Lipinski definition) is 6. The molecule has 0 aliphatic carbocycles. The number of carbonyl (C=O) groups excluding carboxylic acids is 1. The fraction of sp³-hybridized carbons (Fsp3) is 0.167. The lowest BCUT2D eigenvalue weighted by atomic mass is 10.1. The fourth-order valence-corrected chi connectivity index (χ4v) is 4.94. The lowest BCUT2D eigenvalue weighted by molar-refractivity contribution is 0.0977. The van der Waals surface area contributed by atoms with E-state index in [1.165, 1.54) is 11.5 Å². The number of amides is 1. The summed E-state index contributed by atoms with van der Waals surface area (Å²) < 4.78 is 9.69. The summed E-state index contributed by atoms with van der Waals surface area (Å²) in [6, 6.07) is 23.3. The molecule has 0 radical (unpaired) electrons. The van der Waals surface area contributed by atoms with Crippen molar-refractivity contribution >= 4 is 41.1 Å². The van der Waals surface area contributed by atoms with Gasteiger partial charge >= 0.3 is 0 Å². The largest absolute Gasteiger partial charge is 0.497 e. The van der Waals surface area contributed by atoms with Gasteiger partial charge in [-0.25, -0.2) is 4.99 Å². The van der Waals surface area contributed by atoms with Crippen molar-refractivity contribution in [2.45, 2.75) is 20.0 Å². The van der Waals surface area contributed by atoms with Gasteiger partial charge in [0.05, 0.1) is 24.9 Å². The van der Waals surface area contributed by atoms with Gasteiger partial charge in [0, 0.05) is 28.6 Å². The van der Waals surface area contributed by atoms with Crippen molar-refractivity contribution in [3.63, 3.8) is 0 Å². The number of hydrogen-bond donors (Lipinski definition) is 3. The molecule has 0 atom stereocenters. The Kier molecular flexibility index (Phi) is 9.85. The molecule has 0 unspecified atom stereocenters. The van der Waals surface area contributed by atoms with E-state index >= 15 is 0 Å². The summed E-state index contributed by atoms with van der Waals surface area (Å²) in [6.45, 7) is 3.51. The van der Waals surface area contributed by atoms with Crippen LogP contribution < -0.4 is 21.1 Å². The van der Waals surface area contributed by atoms with E-state index in [1.54, 1.807) is 7.11 Å². The number of aromatic nitrogens is 1. The number of methoxy groups -OCH3 is 1. The maximum Gasteiger partial charge on any atom is 0.261 e. The van der Waals surface area contributed by atoms with Gasteiger partial charge in [0.25, 0.3) is 5.91 Å². The van der Waals surface area contributed by atoms with E-state index in [9.17, 15) is 4.79 Å². The molecule has 4 rings (SSSR count). The Morgan fingerprint density at radius 2 is 1.85 bits per heavy atom. The van der Waals surface area contributed by atoms with Crippen LogP contribution in [0.1, 0.15) is 31.9 Å². The van der Waals surface area contributed by atoms with Crippen LogP contribution in [0.3, 0.4) is 0 Å². The minimum absolute atomic E-state index is 0.0250. The lowest BCUT2D eigenvalue weighted by Gasteiger charge is -2.08. The maximum atomic E-state index is 13.1. The Morgan fingerprint density at radius 3 is 2.59 bits per heavy atom. The highest BCUT2D eigenvalue weighted by Crippen LogP contribution is 2.29. The van der Waals surface area contributed by atoms with Crippen LogP contribution >= 0.6 is 23.1 Å².